The Hall–Kier alpha value is -0.670. The molecule has 0 aliphatic heterocycles. The number of thiol groups is 1. The number of hydrogen-bond acceptors (Lipinski definition) is 3. The number of hydrogen-bond donors (Lipinski definition) is 1. The van der Waals surface area contributed by atoms with Gasteiger partial charge in [0.1, 0.15) is 0 Å². The molecule has 62 valence electrons. The molecule has 12 heavy (non-hydrogen) atoms. The lowest BCUT2D eigenvalue weighted by Gasteiger charge is -1.96. The molecule has 0 fully saturated rings. The van der Waals surface area contributed by atoms with E-state index in [1.54, 1.807) is 18.2 Å². The maximum absolute atomic E-state index is 11.1. The van der Waals surface area contributed by atoms with Gasteiger partial charge >= 0.3 is 0 Å². The minimum absolute atomic E-state index is 0.0334. The molecule has 0 spiro atoms. The van der Waals surface area contributed by atoms with Gasteiger partial charge in [0.05, 0.1) is 0 Å². The van der Waals surface area contributed by atoms with Crippen LogP contribution in [-0.2, 0) is 0 Å². The molecule has 1 nitrogen and oxygen atoms in total. The van der Waals surface area contributed by atoms with Gasteiger partial charge in [0.2, 0.25) is 5.12 Å². The van der Waals surface area contributed by atoms with Gasteiger partial charge in [-0.05, 0) is 28.5 Å². The zero-order chi connectivity index (χ0) is 8.97. The van der Waals surface area contributed by atoms with Gasteiger partial charge in [0, 0.05) is 5.56 Å². The van der Waals surface area contributed by atoms with Crippen LogP contribution < -0.4 is 0 Å². The second-order valence-electron chi connectivity index (χ2n) is 2.20. The molecular weight excluding hydrogens is 188 g/mol. The third-order valence-electron chi connectivity index (χ3n) is 1.46. The van der Waals surface area contributed by atoms with E-state index in [1.807, 2.05) is 12.1 Å². The second kappa shape index (κ2) is 4.38. The molecule has 1 rings (SSSR count). The van der Waals surface area contributed by atoms with E-state index in [4.69, 9.17) is 0 Å². The van der Waals surface area contributed by atoms with Crippen LogP contribution in [0.5, 0.6) is 0 Å². The third-order valence-corrected chi connectivity index (χ3v) is 2.36. The van der Waals surface area contributed by atoms with Gasteiger partial charge in [-0.2, -0.15) is 0 Å². The van der Waals surface area contributed by atoms with E-state index in [9.17, 15) is 4.79 Å². The molecule has 0 amide bonds. The number of rotatable bonds is 2. The van der Waals surface area contributed by atoms with E-state index in [1.165, 1.54) is 0 Å². The highest BCUT2D eigenvalue weighted by Gasteiger charge is 2.02. The fourth-order valence-electron chi connectivity index (χ4n) is 0.808. The van der Waals surface area contributed by atoms with Crippen molar-refractivity contribution in [3.05, 3.63) is 42.0 Å². The van der Waals surface area contributed by atoms with E-state index in [0.717, 1.165) is 16.4 Å². The topological polar surface area (TPSA) is 17.1 Å². The molecule has 0 aliphatic rings. The molecule has 0 bridgehead atoms. The van der Waals surface area contributed by atoms with Gasteiger partial charge in [-0.3, -0.25) is 4.79 Å². The Morgan fingerprint density at radius 1 is 1.42 bits per heavy atom. The molecule has 0 aliphatic carbocycles. The van der Waals surface area contributed by atoms with Gasteiger partial charge in [-0.1, -0.05) is 24.8 Å². The second-order valence-corrected chi connectivity index (χ2v) is 3.31. The first kappa shape index (κ1) is 9.42. The zero-order valence-electron chi connectivity index (χ0n) is 6.36. The van der Waals surface area contributed by atoms with Crippen LogP contribution in [0.4, 0.5) is 0 Å². The van der Waals surface area contributed by atoms with E-state index in [2.05, 4.69) is 18.2 Å². The summed E-state index contributed by atoms with van der Waals surface area (Å²) in [4.78, 5) is 11.1. The van der Waals surface area contributed by atoms with Crippen LogP contribution in [0.1, 0.15) is 15.9 Å². The fourth-order valence-corrected chi connectivity index (χ4v) is 1.37. The van der Waals surface area contributed by atoms with E-state index < -0.39 is 0 Å². The van der Waals surface area contributed by atoms with Crippen LogP contribution >= 0.6 is 22.5 Å². The van der Waals surface area contributed by atoms with Crippen LogP contribution in [0.25, 0.3) is 6.08 Å². The number of benzene rings is 1. The van der Waals surface area contributed by atoms with Crippen LogP contribution in [0, 0.1) is 0 Å². The Labute approximate surface area is 80.7 Å². The maximum atomic E-state index is 11.1. The molecule has 0 radical (unpaired) electrons. The van der Waals surface area contributed by atoms with E-state index in [-0.39, 0.29) is 5.12 Å². The lowest BCUT2D eigenvalue weighted by Crippen LogP contribution is -1.89. The monoisotopic (exact) mass is 196 g/mol. The summed E-state index contributed by atoms with van der Waals surface area (Å²) in [5.74, 6) is 0. The first-order chi connectivity index (χ1) is 5.77. The fraction of sp³-hybridized carbons (Fsp3) is 0. The van der Waals surface area contributed by atoms with Gasteiger partial charge < -0.3 is 0 Å². The molecule has 0 saturated carbocycles. The molecule has 3 heteroatoms. The van der Waals surface area contributed by atoms with E-state index >= 15 is 0 Å². The number of carbonyl (C=O) groups is 1. The predicted octanol–water partition coefficient (Wildman–Crippen LogP) is 3.05. The Morgan fingerprint density at radius 2 is 2.00 bits per heavy atom. The quantitative estimate of drug-likeness (QED) is 0.578. The molecule has 1 aromatic rings. The van der Waals surface area contributed by atoms with Crippen molar-refractivity contribution < 1.29 is 4.79 Å². The van der Waals surface area contributed by atoms with Crippen molar-refractivity contribution in [2.24, 2.45) is 0 Å². The highest BCUT2D eigenvalue weighted by Crippen LogP contribution is 2.15. The minimum Gasteiger partial charge on any atom is -0.281 e. The standard InChI is InChI=1S/C9H8OS2/c1-2-7-3-5-8(6-4-7)9(10)12-11/h2-6,11H,1H2. The largest absolute Gasteiger partial charge is 0.281 e. The van der Waals surface area contributed by atoms with Crippen LogP contribution in [0.15, 0.2) is 30.8 Å². The summed E-state index contributed by atoms with van der Waals surface area (Å²) in [5.41, 5.74) is 1.68. The predicted molar refractivity (Wildman–Crippen MR) is 57.4 cm³/mol. The molecule has 0 unspecified atom stereocenters. The molecule has 0 saturated heterocycles. The lowest BCUT2D eigenvalue weighted by molar-refractivity contribution is 0.109. The molecule has 0 N–H and O–H groups in total. The highest BCUT2D eigenvalue weighted by atomic mass is 33.1. The lowest BCUT2D eigenvalue weighted by atomic mass is 10.1. The van der Waals surface area contributed by atoms with Crippen molar-refractivity contribution in [1.82, 2.24) is 0 Å². The summed E-state index contributed by atoms with van der Waals surface area (Å²) in [7, 11) is 0.921. The summed E-state index contributed by atoms with van der Waals surface area (Å²) in [5, 5.41) is -0.0334. The van der Waals surface area contributed by atoms with Crippen LogP contribution in [0.2, 0.25) is 0 Å². The Bertz CT molecular complexity index is 290. The van der Waals surface area contributed by atoms with Crippen LogP contribution in [-0.4, -0.2) is 5.12 Å². The molecule has 0 heterocycles. The SMILES string of the molecule is C=Cc1ccc(C(=O)SS)cc1. The Kier molecular flexibility index (Phi) is 3.44. The van der Waals surface area contributed by atoms with Gasteiger partial charge in [-0.25, -0.2) is 0 Å². The van der Waals surface area contributed by atoms with Gasteiger partial charge in [-0.15, -0.1) is 11.7 Å². The molecule has 0 atom stereocenters. The number of carbonyl (C=O) groups excluding carboxylic acids is 1. The highest BCUT2D eigenvalue weighted by molar-refractivity contribution is 8.75. The average molecular weight is 196 g/mol. The summed E-state index contributed by atoms with van der Waals surface area (Å²) in [6.07, 6.45) is 1.74. The minimum atomic E-state index is -0.0334. The maximum Gasteiger partial charge on any atom is 0.229 e. The first-order valence-electron chi connectivity index (χ1n) is 3.36. The van der Waals surface area contributed by atoms with Crippen LogP contribution in [0.3, 0.4) is 0 Å². The average Bonchev–Trinajstić information content (AvgIpc) is 2.17. The summed E-state index contributed by atoms with van der Waals surface area (Å²) in [6.45, 7) is 3.62. The van der Waals surface area contributed by atoms with Crippen molar-refractivity contribution >= 4 is 33.6 Å². The Balaban J connectivity index is 2.91. The smallest absolute Gasteiger partial charge is 0.229 e. The summed E-state index contributed by atoms with van der Waals surface area (Å²) < 4.78 is 0. The zero-order valence-corrected chi connectivity index (χ0v) is 8.07. The summed E-state index contributed by atoms with van der Waals surface area (Å²) in [6, 6.07) is 7.24. The molecular formula is C9H8OS2. The van der Waals surface area contributed by atoms with Crippen molar-refractivity contribution in [3.8, 4) is 0 Å². The first-order valence-corrected chi connectivity index (χ1v) is 5.23. The molecule has 0 aromatic heterocycles. The van der Waals surface area contributed by atoms with Gasteiger partial charge in [0.15, 0.2) is 0 Å². The summed E-state index contributed by atoms with van der Waals surface area (Å²) >= 11 is 3.82. The third kappa shape index (κ3) is 2.16. The van der Waals surface area contributed by atoms with Gasteiger partial charge in [0.25, 0.3) is 0 Å². The Morgan fingerprint density at radius 3 is 2.42 bits per heavy atom. The van der Waals surface area contributed by atoms with Crippen molar-refractivity contribution in [3.63, 3.8) is 0 Å². The van der Waals surface area contributed by atoms with Crippen molar-refractivity contribution in [2.45, 2.75) is 0 Å². The molecule has 1 aromatic carbocycles. The van der Waals surface area contributed by atoms with Crippen molar-refractivity contribution in [1.29, 1.82) is 0 Å². The normalized spacial score (nSPS) is 9.42. The van der Waals surface area contributed by atoms with E-state index in [0.29, 0.717) is 5.56 Å². The van der Waals surface area contributed by atoms with Crippen molar-refractivity contribution in [2.75, 3.05) is 0 Å².